The minimum absolute atomic E-state index is 0.0218. The molecule has 2 aromatic carbocycles. The fourth-order valence-corrected chi connectivity index (χ4v) is 3.98. The van der Waals surface area contributed by atoms with Crippen LogP contribution in [0.1, 0.15) is 55.7 Å². The molecule has 0 bridgehead atoms. The van der Waals surface area contributed by atoms with Crippen LogP contribution in [-0.2, 0) is 18.5 Å². The molecular formula is C22H26ClN5. The Labute approximate surface area is 171 Å². The van der Waals surface area contributed by atoms with Gasteiger partial charge < -0.3 is 0 Å². The first-order valence-corrected chi connectivity index (χ1v) is 10.2. The van der Waals surface area contributed by atoms with E-state index in [-0.39, 0.29) is 11.6 Å². The maximum absolute atomic E-state index is 6.16. The Morgan fingerprint density at radius 3 is 2.50 bits per heavy atom. The molecule has 3 aromatic rings. The van der Waals surface area contributed by atoms with E-state index in [0.717, 1.165) is 42.3 Å². The van der Waals surface area contributed by atoms with Crippen LogP contribution in [0.15, 0.2) is 48.5 Å². The zero-order chi connectivity index (χ0) is 19.7. The third kappa shape index (κ3) is 3.56. The van der Waals surface area contributed by atoms with Crippen LogP contribution < -0.4 is 0 Å². The molecule has 0 aliphatic carbocycles. The fourth-order valence-electron chi connectivity index (χ4n) is 3.85. The Morgan fingerprint density at radius 1 is 1.07 bits per heavy atom. The van der Waals surface area contributed by atoms with Gasteiger partial charge in [-0.2, -0.15) is 0 Å². The van der Waals surface area contributed by atoms with Crippen molar-refractivity contribution in [3.63, 3.8) is 0 Å². The fraction of sp³-hybridized carbons (Fsp3) is 0.409. The van der Waals surface area contributed by atoms with Gasteiger partial charge in [0, 0.05) is 18.1 Å². The van der Waals surface area contributed by atoms with Crippen molar-refractivity contribution in [1.29, 1.82) is 0 Å². The summed E-state index contributed by atoms with van der Waals surface area (Å²) in [6.45, 7) is 8.36. The first-order valence-electron chi connectivity index (χ1n) is 9.84. The molecule has 0 fully saturated rings. The van der Waals surface area contributed by atoms with E-state index in [1.807, 2.05) is 16.8 Å². The maximum Gasteiger partial charge on any atom is 0.173 e. The summed E-state index contributed by atoms with van der Waals surface area (Å²) in [6, 6.07) is 16.7. The summed E-state index contributed by atoms with van der Waals surface area (Å²) < 4.78 is 1.99. The zero-order valence-electron chi connectivity index (χ0n) is 16.6. The molecule has 6 heteroatoms. The summed E-state index contributed by atoms with van der Waals surface area (Å²) in [5.41, 5.74) is 3.81. The molecule has 146 valence electrons. The lowest BCUT2D eigenvalue weighted by atomic mass is 9.95. The van der Waals surface area contributed by atoms with Gasteiger partial charge in [0.2, 0.25) is 0 Å². The van der Waals surface area contributed by atoms with Crippen LogP contribution in [0, 0.1) is 0 Å². The highest BCUT2D eigenvalue weighted by molar-refractivity contribution is 6.30. The smallest absolute Gasteiger partial charge is 0.173 e. The largest absolute Gasteiger partial charge is 0.285 e. The van der Waals surface area contributed by atoms with Crippen molar-refractivity contribution < 1.29 is 0 Å². The molecule has 0 saturated carbocycles. The molecule has 2 heterocycles. The Kier molecular flexibility index (Phi) is 5.21. The van der Waals surface area contributed by atoms with Crippen molar-refractivity contribution in [1.82, 2.24) is 25.1 Å². The number of halogens is 1. The molecule has 0 radical (unpaired) electrons. The summed E-state index contributed by atoms with van der Waals surface area (Å²) in [6.07, 6.45) is 1.97. The second-order valence-corrected chi connectivity index (χ2v) is 8.49. The molecule has 5 nitrogen and oxygen atoms in total. The van der Waals surface area contributed by atoms with Crippen LogP contribution in [0.2, 0.25) is 5.02 Å². The van der Waals surface area contributed by atoms with Crippen LogP contribution in [0.3, 0.4) is 0 Å². The van der Waals surface area contributed by atoms with Gasteiger partial charge >= 0.3 is 0 Å². The van der Waals surface area contributed by atoms with Crippen LogP contribution in [0.5, 0.6) is 0 Å². The molecule has 1 aromatic heterocycles. The minimum atomic E-state index is -0.156. The average molecular weight is 396 g/mol. The van der Waals surface area contributed by atoms with Gasteiger partial charge in [0.1, 0.15) is 0 Å². The normalized spacial score (nSPS) is 16.0. The van der Waals surface area contributed by atoms with Crippen molar-refractivity contribution in [3.05, 3.63) is 76.1 Å². The number of fused-ring (bicyclic) bond motifs is 1. The summed E-state index contributed by atoms with van der Waals surface area (Å²) in [7, 11) is 0. The van der Waals surface area contributed by atoms with Crippen molar-refractivity contribution in [2.75, 3.05) is 6.54 Å². The van der Waals surface area contributed by atoms with E-state index in [1.54, 1.807) is 0 Å². The molecule has 0 unspecified atom stereocenters. The van der Waals surface area contributed by atoms with Gasteiger partial charge in [-0.3, -0.25) is 4.90 Å². The number of nitrogens with zero attached hydrogens (tertiary/aromatic N) is 5. The molecule has 1 aliphatic heterocycles. The highest BCUT2D eigenvalue weighted by Gasteiger charge is 2.33. The first-order chi connectivity index (χ1) is 13.5. The van der Waals surface area contributed by atoms with E-state index in [4.69, 9.17) is 11.6 Å². The summed E-state index contributed by atoms with van der Waals surface area (Å²) >= 11 is 6.16. The number of hydrogen-bond donors (Lipinski definition) is 0. The number of hydrogen-bond acceptors (Lipinski definition) is 4. The lowest BCUT2D eigenvalue weighted by Crippen LogP contribution is -2.38. The second-order valence-electron chi connectivity index (χ2n) is 8.06. The van der Waals surface area contributed by atoms with Crippen LogP contribution in [0.4, 0.5) is 0 Å². The van der Waals surface area contributed by atoms with Crippen molar-refractivity contribution >= 4 is 11.6 Å². The highest BCUT2D eigenvalue weighted by atomic mass is 35.5. The first kappa shape index (κ1) is 19.1. The van der Waals surface area contributed by atoms with Crippen molar-refractivity contribution in [2.45, 2.75) is 51.7 Å². The summed E-state index contributed by atoms with van der Waals surface area (Å²) in [5, 5.41) is 13.6. The Morgan fingerprint density at radius 2 is 1.79 bits per heavy atom. The molecule has 1 atom stereocenters. The molecular weight excluding hydrogens is 370 g/mol. The average Bonchev–Trinajstić information content (AvgIpc) is 3.20. The topological polar surface area (TPSA) is 46.8 Å². The Bertz CT molecular complexity index is 948. The Hall–Kier alpha value is -2.24. The molecule has 0 spiro atoms. The van der Waals surface area contributed by atoms with Gasteiger partial charge in [0.05, 0.1) is 11.6 Å². The third-order valence-corrected chi connectivity index (χ3v) is 6.14. The number of benzene rings is 2. The Balaban J connectivity index is 1.79. The number of tetrazole rings is 1. The standard InChI is InChI=1S/C22H26ClN5/c1-4-22(2,3)28-21(24-25-26-28)20(17-9-11-19(23)12-10-17)27-14-13-16-7-5-6-8-18(16)15-27/h5-12,20H,4,13-15H2,1-3H3/t20-/m0/s1. The molecule has 1 aliphatic rings. The zero-order valence-corrected chi connectivity index (χ0v) is 17.4. The quantitative estimate of drug-likeness (QED) is 0.632. The van der Waals surface area contributed by atoms with Gasteiger partial charge in [-0.05, 0) is 65.9 Å². The predicted molar refractivity (Wildman–Crippen MR) is 111 cm³/mol. The third-order valence-electron chi connectivity index (χ3n) is 5.89. The van der Waals surface area contributed by atoms with E-state index >= 15 is 0 Å². The minimum Gasteiger partial charge on any atom is -0.285 e. The van der Waals surface area contributed by atoms with Gasteiger partial charge in [0.15, 0.2) is 5.82 Å². The maximum atomic E-state index is 6.16. The molecule has 4 rings (SSSR count). The van der Waals surface area contributed by atoms with E-state index < -0.39 is 0 Å². The van der Waals surface area contributed by atoms with E-state index in [2.05, 4.69) is 77.6 Å². The predicted octanol–water partition coefficient (Wildman–Crippen LogP) is 4.62. The van der Waals surface area contributed by atoms with Gasteiger partial charge in [-0.1, -0.05) is 54.9 Å². The number of rotatable bonds is 5. The SMILES string of the molecule is CCC(C)(C)n1nnnc1[C@H](c1ccc(Cl)cc1)N1CCc2ccccc2C1. The van der Waals surface area contributed by atoms with Crippen molar-refractivity contribution in [3.8, 4) is 0 Å². The highest BCUT2D eigenvalue weighted by Crippen LogP contribution is 2.34. The van der Waals surface area contributed by atoms with E-state index in [1.165, 1.54) is 11.1 Å². The van der Waals surface area contributed by atoms with E-state index in [9.17, 15) is 0 Å². The lowest BCUT2D eigenvalue weighted by Gasteiger charge is -2.36. The summed E-state index contributed by atoms with van der Waals surface area (Å²) in [4.78, 5) is 2.47. The lowest BCUT2D eigenvalue weighted by molar-refractivity contribution is 0.181. The van der Waals surface area contributed by atoms with E-state index in [0.29, 0.717) is 0 Å². The second kappa shape index (κ2) is 7.64. The van der Waals surface area contributed by atoms with Gasteiger partial charge in [0.25, 0.3) is 0 Å². The molecule has 0 amide bonds. The number of aromatic nitrogens is 4. The van der Waals surface area contributed by atoms with Gasteiger partial charge in [-0.25, -0.2) is 4.68 Å². The molecule has 0 saturated heterocycles. The van der Waals surface area contributed by atoms with Crippen molar-refractivity contribution in [2.24, 2.45) is 0 Å². The van der Waals surface area contributed by atoms with Crippen LogP contribution in [-0.4, -0.2) is 31.7 Å². The van der Waals surface area contributed by atoms with Crippen LogP contribution in [0.25, 0.3) is 0 Å². The van der Waals surface area contributed by atoms with Crippen LogP contribution >= 0.6 is 11.6 Å². The summed E-state index contributed by atoms with van der Waals surface area (Å²) in [5.74, 6) is 0.883. The van der Waals surface area contributed by atoms with Gasteiger partial charge in [-0.15, -0.1) is 5.10 Å². The molecule has 0 N–H and O–H groups in total. The molecule has 28 heavy (non-hydrogen) atoms. The monoisotopic (exact) mass is 395 g/mol.